The van der Waals surface area contributed by atoms with Crippen molar-refractivity contribution < 1.29 is 9.84 Å². The van der Waals surface area contributed by atoms with E-state index in [9.17, 15) is 5.11 Å². The summed E-state index contributed by atoms with van der Waals surface area (Å²) < 4.78 is 7.67. The Morgan fingerprint density at radius 2 is 2.11 bits per heavy atom. The van der Waals surface area contributed by atoms with E-state index in [1.165, 1.54) is 0 Å². The minimum Gasteiger partial charge on any atom is -0.390 e. The molecule has 3 atom stereocenters. The van der Waals surface area contributed by atoms with Gasteiger partial charge in [-0.05, 0) is 39.7 Å². The van der Waals surface area contributed by atoms with E-state index in [-0.39, 0.29) is 0 Å². The number of rotatable bonds is 8. The molecule has 19 heavy (non-hydrogen) atoms. The zero-order chi connectivity index (χ0) is 14.5. The molecular formula is C15H28N2O2. The number of aliphatic hydroxyl groups excluding tert-OH is 1. The molecule has 0 saturated heterocycles. The number of aromatic nitrogens is 2. The van der Waals surface area contributed by atoms with E-state index >= 15 is 0 Å². The van der Waals surface area contributed by atoms with Crippen molar-refractivity contribution in [2.24, 2.45) is 0 Å². The van der Waals surface area contributed by atoms with E-state index in [1.54, 1.807) is 0 Å². The molecule has 1 aromatic heterocycles. The van der Waals surface area contributed by atoms with Crippen molar-refractivity contribution >= 4 is 0 Å². The van der Waals surface area contributed by atoms with Gasteiger partial charge < -0.3 is 9.84 Å². The van der Waals surface area contributed by atoms with Crippen molar-refractivity contribution in [1.82, 2.24) is 9.78 Å². The first-order valence-corrected chi connectivity index (χ1v) is 7.32. The first-order valence-electron chi connectivity index (χ1n) is 7.32. The highest BCUT2D eigenvalue weighted by Crippen LogP contribution is 2.23. The van der Waals surface area contributed by atoms with Crippen molar-refractivity contribution in [1.29, 1.82) is 0 Å². The SMILES string of the molecule is CCOC(C)(CC)C(O)Cc1ccn(C(C)CC)n1. The number of nitrogens with zero attached hydrogens (tertiary/aromatic N) is 2. The molecule has 0 aliphatic heterocycles. The summed E-state index contributed by atoms with van der Waals surface area (Å²) in [5.41, 5.74) is 0.432. The molecule has 0 bridgehead atoms. The first-order chi connectivity index (χ1) is 8.96. The van der Waals surface area contributed by atoms with Crippen LogP contribution in [0.25, 0.3) is 0 Å². The molecule has 1 heterocycles. The van der Waals surface area contributed by atoms with Crippen molar-refractivity contribution in [2.75, 3.05) is 6.61 Å². The van der Waals surface area contributed by atoms with E-state index in [4.69, 9.17) is 4.74 Å². The van der Waals surface area contributed by atoms with Crippen LogP contribution in [0, 0.1) is 0 Å². The molecule has 1 aromatic rings. The molecule has 3 unspecified atom stereocenters. The monoisotopic (exact) mass is 268 g/mol. The van der Waals surface area contributed by atoms with Crippen molar-refractivity contribution in [3.8, 4) is 0 Å². The van der Waals surface area contributed by atoms with Crippen LogP contribution in [-0.4, -0.2) is 33.2 Å². The quantitative estimate of drug-likeness (QED) is 0.788. The molecule has 0 radical (unpaired) electrons. The molecule has 4 heteroatoms. The van der Waals surface area contributed by atoms with Crippen LogP contribution in [0.1, 0.15) is 59.2 Å². The van der Waals surface area contributed by atoms with Crippen LogP contribution in [0.4, 0.5) is 0 Å². The average molecular weight is 268 g/mol. The maximum absolute atomic E-state index is 10.4. The lowest BCUT2D eigenvalue weighted by molar-refractivity contribution is -0.110. The summed E-state index contributed by atoms with van der Waals surface area (Å²) in [5, 5.41) is 14.9. The molecule has 0 aliphatic carbocycles. The van der Waals surface area contributed by atoms with Gasteiger partial charge in [0.15, 0.2) is 0 Å². The van der Waals surface area contributed by atoms with Crippen LogP contribution < -0.4 is 0 Å². The largest absolute Gasteiger partial charge is 0.390 e. The van der Waals surface area contributed by atoms with E-state index in [1.807, 2.05) is 37.7 Å². The number of aliphatic hydroxyl groups is 1. The van der Waals surface area contributed by atoms with Gasteiger partial charge >= 0.3 is 0 Å². The molecule has 1 rings (SSSR count). The fourth-order valence-electron chi connectivity index (χ4n) is 2.10. The number of hydrogen-bond acceptors (Lipinski definition) is 3. The Balaban J connectivity index is 2.70. The van der Waals surface area contributed by atoms with Gasteiger partial charge in [-0.15, -0.1) is 0 Å². The summed E-state index contributed by atoms with van der Waals surface area (Å²) >= 11 is 0. The Kier molecular flexibility index (Phi) is 6.01. The molecule has 0 aromatic carbocycles. The van der Waals surface area contributed by atoms with Crippen molar-refractivity contribution in [2.45, 2.75) is 71.6 Å². The maximum atomic E-state index is 10.4. The molecule has 0 spiro atoms. The fourth-order valence-corrected chi connectivity index (χ4v) is 2.10. The average Bonchev–Trinajstić information content (AvgIpc) is 2.86. The molecule has 0 saturated carbocycles. The third-order valence-electron chi connectivity index (χ3n) is 3.99. The molecule has 4 nitrogen and oxygen atoms in total. The lowest BCUT2D eigenvalue weighted by Crippen LogP contribution is -2.43. The highest BCUT2D eigenvalue weighted by Gasteiger charge is 2.32. The van der Waals surface area contributed by atoms with Crippen LogP contribution >= 0.6 is 0 Å². The summed E-state index contributed by atoms with van der Waals surface area (Å²) in [6, 6.07) is 2.38. The Morgan fingerprint density at radius 1 is 1.42 bits per heavy atom. The van der Waals surface area contributed by atoms with Crippen LogP contribution in [0.2, 0.25) is 0 Å². The maximum Gasteiger partial charge on any atom is 0.0913 e. The molecule has 0 fully saturated rings. The molecule has 0 aliphatic rings. The molecule has 110 valence electrons. The lowest BCUT2D eigenvalue weighted by Gasteiger charge is -2.33. The predicted octanol–water partition coefficient (Wildman–Crippen LogP) is 2.96. The third-order valence-corrected chi connectivity index (χ3v) is 3.99. The summed E-state index contributed by atoms with van der Waals surface area (Å²) in [6.07, 6.45) is 3.83. The van der Waals surface area contributed by atoms with Crippen LogP contribution in [0.3, 0.4) is 0 Å². The van der Waals surface area contributed by atoms with Gasteiger partial charge in [0.05, 0.1) is 17.4 Å². The van der Waals surface area contributed by atoms with E-state index in [0.717, 1.165) is 18.5 Å². The first kappa shape index (κ1) is 16.2. The minimum absolute atomic E-state index is 0.398. The minimum atomic E-state index is -0.530. The number of ether oxygens (including phenoxy) is 1. The predicted molar refractivity (Wildman–Crippen MR) is 77.3 cm³/mol. The lowest BCUT2D eigenvalue weighted by atomic mass is 9.92. The van der Waals surface area contributed by atoms with Crippen LogP contribution in [0.5, 0.6) is 0 Å². The zero-order valence-corrected chi connectivity index (χ0v) is 12.9. The Morgan fingerprint density at radius 3 is 2.63 bits per heavy atom. The van der Waals surface area contributed by atoms with Gasteiger partial charge in [0, 0.05) is 25.3 Å². The molecule has 1 N–H and O–H groups in total. The highest BCUT2D eigenvalue weighted by atomic mass is 16.5. The topological polar surface area (TPSA) is 47.3 Å². The van der Waals surface area contributed by atoms with Gasteiger partial charge in [-0.25, -0.2) is 0 Å². The summed E-state index contributed by atoms with van der Waals surface area (Å²) in [4.78, 5) is 0. The van der Waals surface area contributed by atoms with Gasteiger partial charge in [0.25, 0.3) is 0 Å². The second-order valence-electron chi connectivity index (χ2n) is 5.36. The van der Waals surface area contributed by atoms with Gasteiger partial charge in [-0.3, -0.25) is 4.68 Å². The molecule has 0 amide bonds. The van der Waals surface area contributed by atoms with Crippen LogP contribution in [-0.2, 0) is 11.2 Å². The van der Waals surface area contributed by atoms with Gasteiger partial charge in [-0.1, -0.05) is 13.8 Å². The van der Waals surface area contributed by atoms with E-state index in [0.29, 0.717) is 19.1 Å². The standard InChI is InChI=1S/C15H28N2O2/c1-6-12(4)17-10-9-13(16-17)11-14(18)15(5,7-2)19-8-3/h9-10,12,14,18H,6-8,11H2,1-5H3. The highest BCUT2D eigenvalue weighted by molar-refractivity contribution is 5.03. The van der Waals surface area contributed by atoms with E-state index in [2.05, 4.69) is 18.9 Å². The molecular weight excluding hydrogens is 240 g/mol. The fraction of sp³-hybridized carbons (Fsp3) is 0.800. The normalized spacial score (nSPS) is 18.0. The van der Waals surface area contributed by atoms with Crippen molar-refractivity contribution in [3.63, 3.8) is 0 Å². The summed E-state index contributed by atoms with van der Waals surface area (Å²) in [6.45, 7) is 10.9. The smallest absolute Gasteiger partial charge is 0.0913 e. The van der Waals surface area contributed by atoms with E-state index < -0.39 is 11.7 Å². The summed E-state index contributed by atoms with van der Waals surface area (Å²) in [5.74, 6) is 0. The van der Waals surface area contributed by atoms with Crippen LogP contribution in [0.15, 0.2) is 12.3 Å². The van der Waals surface area contributed by atoms with Crippen molar-refractivity contribution in [3.05, 3.63) is 18.0 Å². The Hall–Kier alpha value is -0.870. The summed E-state index contributed by atoms with van der Waals surface area (Å²) in [7, 11) is 0. The number of hydrogen-bond donors (Lipinski definition) is 1. The third kappa shape index (κ3) is 4.05. The Labute approximate surface area is 116 Å². The second kappa shape index (κ2) is 7.06. The van der Waals surface area contributed by atoms with Gasteiger partial charge in [-0.2, -0.15) is 5.10 Å². The van der Waals surface area contributed by atoms with Gasteiger partial charge in [0.2, 0.25) is 0 Å². The zero-order valence-electron chi connectivity index (χ0n) is 12.9. The Bertz CT molecular complexity index is 378. The second-order valence-corrected chi connectivity index (χ2v) is 5.36. The van der Waals surface area contributed by atoms with Gasteiger partial charge in [0.1, 0.15) is 0 Å².